The van der Waals surface area contributed by atoms with Crippen LogP contribution in [0.4, 0.5) is 24.5 Å². The number of para-hydroxylation sites is 1. The highest BCUT2D eigenvalue weighted by Crippen LogP contribution is 2.36. The van der Waals surface area contributed by atoms with Crippen molar-refractivity contribution < 1.29 is 13.2 Å². The zero-order valence-electron chi connectivity index (χ0n) is 13.1. The molecule has 6 heteroatoms. The molecule has 3 nitrogen and oxygen atoms in total. The van der Waals surface area contributed by atoms with Gasteiger partial charge in [-0.15, -0.1) is 0 Å². The number of benzene rings is 2. The molecular weight excluding hydrogens is 303 g/mol. The van der Waals surface area contributed by atoms with Crippen molar-refractivity contribution >= 4 is 17.1 Å². The van der Waals surface area contributed by atoms with E-state index in [1.54, 1.807) is 19.1 Å². The normalized spacial score (nSPS) is 12.3. The number of aryl methyl sites for hydroxylation is 1. The zero-order valence-corrected chi connectivity index (χ0v) is 13.1. The molecule has 2 aromatic rings. The average Bonchev–Trinajstić information content (AvgIpc) is 2.48. The summed E-state index contributed by atoms with van der Waals surface area (Å²) >= 11 is 0. The van der Waals surface area contributed by atoms with Gasteiger partial charge in [0, 0.05) is 18.3 Å². The maximum Gasteiger partial charge on any atom is 0.418 e. The van der Waals surface area contributed by atoms with Gasteiger partial charge in [-0.2, -0.15) is 18.3 Å². The minimum atomic E-state index is -4.43. The number of rotatable bonds is 3. The van der Waals surface area contributed by atoms with Gasteiger partial charge in [-0.05, 0) is 38.1 Å². The molecule has 0 saturated carbocycles. The molecule has 0 heterocycles. The highest BCUT2D eigenvalue weighted by atomic mass is 19.4. The van der Waals surface area contributed by atoms with E-state index in [0.29, 0.717) is 17.0 Å². The Labute approximate surface area is 133 Å². The second-order valence-corrected chi connectivity index (χ2v) is 5.31. The lowest BCUT2D eigenvalue weighted by atomic mass is 10.1. The van der Waals surface area contributed by atoms with E-state index in [4.69, 9.17) is 5.73 Å². The van der Waals surface area contributed by atoms with Crippen molar-refractivity contribution in [3.05, 3.63) is 59.2 Å². The Morgan fingerprint density at radius 1 is 1.13 bits per heavy atom. The van der Waals surface area contributed by atoms with Crippen LogP contribution in [0.15, 0.2) is 47.6 Å². The Kier molecular flexibility index (Phi) is 4.63. The van der Waals surface area contributed by atoms with Gasteiger partial charge in [0.1, 0.15) is 0 Å². The SMILES string of the molecule is C/C(=N\N(C)c1ccccc1C(F)(F)F)c1cc(C)ccc1N. The highest BCUT2D eigenvalue weighted by Gasteiger charge is 2.34. The Balaban J connectivity index is 2.42. The van der Waals surface area contributed by atoms with Crippen LogP contribution in [-0.4, -0.2) is 12.8 Å². The fourth-order valence-electron chi connectivity index (χ4n) is 2.31. The van der Waals surface area contributed by atoms with Gasteiger partial charge in [-0.3, -0.25) is 5.01 Å². The quantitative estimate of drug-likeness (QED) is 0.515. The van der Waals surface area contributed by atoms with Crippen molar-refractivity contribution in [1.29, 1.82) is 0 Å². The molecule has 0 saturated heterocycles. The zero-order chi connectivity index (χ0) is 17.2. The van der Waals surface area contributed by atoms with Crippen LogP contribution in [0.1, 0.15) is 23.6 Å². The maximum absolute atomic E-state index is 13.1. The molecule has 0 spiro atoms. The number of halogens is 3. The lowest BCUT2D eigenvalue weighted by Gasteiger charge is -2.20. The summed E-state index contributed by atoms with van der Waals surface area (Å²) in [4.78, 5) is 0. The fourth-order valence-corrected chi connectivity index (χ4v) is 2.31. The number of hydrogen-bond donors (Lipinski definition) is 1. The predicted molar refractivity (Wildman–Crippen MR) is 87.6 cm³/mol. The first-order valence-electron chi connectivity index (χ1n) is 7.02. The summed E-state index contributed by atoms with van der Waals surface area (Å²) < 4.78 is 39.3. The average molecular weight is 321 g/mol. The third-order valence-corrected chi connectivity index (χ3v) is 3.46. The van der Waals surface area contributed by atoms with Crippen molar-refractivity contribution in [1.82, 2.24) is 0 Å². The maximum atomic E-state index is 13.1. The number of nitrogens with zero attached hydrogens (tertiary/aromatic N) is 2. The van der Waals surface area contributed by atoms with Gasteiger partial charge in [0.05, 0.1) is 17.0 Å². The van der Waals surface area contributed by atoms with Crippen LogP contribution < -0.4 is 10.7 Å². The van der Waals surface area contributed by atoms with Gasteiger partial charge >= 0.3 is 6.18 Å². The molecule has 0 aliphatic heterocycles. The molecule has 0 aromatic heterocycles. The van der Waals surface area contributed by atoms with Gasteiger partial charge < -0.3 is 5.73 Å². The molecule has 122 valence electrons. The number of hydrazone groups is 1. The lowest BCUT2D eigenvalue weighted by molar-refractivity contribution is -0.137. The Morgan fingerprint density at radius 3 is 2.43 bits per heavy atom. The second kappa shape index (κ2) is 6.32. The molecule has 0 amide bonds. The minimum Gasteiger partial charge on any atom is -0.398 e. The van der Waals surface area contributed by atoms with E-state index in [9.17, 15) is 13.2 Å². The van der Waals surface area contributed by atoms with Crippen LogP contribution in [0.2, 0.25) is 0 Å². The third-order valence-electron chi connectivity index (χ3n) is 3.46. The summed E-state index contributed by atoms with van der Waals surface area (Å²) in [7, 11) is 1.49. The third kappa shape index (κ3) is 3.83. The smallest absolute Gasteiger partial charge is 0.398 e. The van der Waals surface area contributed by atoms with E-state index in [2.05, 4.69) is 5.10 Å². The Bertz CT molecular complexity index is 736. The predicted octanol–water partition coefficient (Wildman–Crippen LogP) is 4.46. The Morgan fingerprint density at radius 2 is 1.78 bits per heavy atom. The first-order chi connectivity index (χ1) is 10.7. The number of nitrogens with two attached hydrogens (primary N) is 1. The van der Waals surface area contributed by atoms with E-state index in [1.165, 1.54) is 24.2 Å². The van der Waals surface area contributed by atoms with Crippen molar-refractivity contribution in [2.45, 2.75) is 20.0 Å². The molecule has 0 radical (unpaired) electrons. The van der Waals surface area contributed by atoms with Crippen molar-refractivity contribution in [2.24, 2.45) is 5.10 Å². The molecular formula is C17H18F3N3. The van der Waals surface area contributed by atoms with Gasteiger partial charge in [-0.1, -0.05) is 23.8 Å². The van der Waals surface area contributed by atoms with E-state index < -0.39 is 11.7 Å². The molecule has 2 aromatic carbocycles. The summed E-state index contributed by atoms with van der Waals surface area (Å²) in [6.07, 6.45) is -4.43. The van der Waals surface area contributed by atoms with Gasteiger partial charge in [0.2, 0.25) is 0 Å². The summed E-state index contributed by atoms with van der Waals surface area (Å²) in [6, 6.07) is 10.8. The number of anilines is 2. The lowest BCUT2D eigenvalue weighted by Crippen LogP contribution is -2.18. The molecule has 2 N–H and O–H groups in total. The van der Waals surface area contributed by atoms with E-state index >= 15 is 0 Å². The molecule has 0 unspecified atom stereocenters. The Hall–Kier alpha value is -2.50. The van der Waals surface area contributed by atoms with Crippen LogP contribution in [-0.2, 0) is 6.18 Å². The van der Waals surface area contributed by atoms with E-state index in [-0.39, 0.29) is 5.69 Å². The van der Waals surface area contributed by atoms with Gasteiger partial charge in [-0.25, -0.2) is 0 Å². The monoisotopic (exact) mass is 321 g/mol. The number of alkyl halides is 3. The summed E-state index contributed by atoms with van der Waals surface area (Å²) in [6.45, 7) is 3.64. The van der Waals surface area contributed by atoms with Crippen molar-refractivity contribution in [3.8, 4) is 0 Å². The van der Waals surface area contributed by atoms with Crippen molar-refractivity contribution in [2.75, 3.05) is 17.8 Å². The topological polar surface area (TPSA) is 41.6 Å². The molecule has 0 bridgehead atoms. The first-order valence-corrected chi connectivity index (χ1v) is 7.02. The number of nitrogen functional groups attached to an aromatic ring is 1. The molecule has 23 heavy (non-hydrogen) atoms. The summed E-state index contributed by atoms with van der Waals surface area (Å²) in [5.41, 5.74) is 7.99. The largest absolute Gasteiger partial charge is 0.418 e. The first kappa shape index (κ1) is 16.9. The van der Waals surface area contributed by atoms with Crippen LogP contribution in [0, 0.1) is 6.92 Å². The van der Waals surface area contributed by atoms with Crippen LogP contribution in [0.3, 0.4) is 0 Å². The fraction of sp³-hybridized carbons (Fsp3) is 0.235. The van der Waals surface area contributed by atoms with E-state index in [0.717, 1.165) is 11.6 Å². The van der Waals surface area contributed by atoms with Crippen LogP contribution in [0.5, 0.6) is 0 Å². The summed E-state index contributed by atoms with van der Waals surface area (Å²) in [5, 5.41) is 5.49. The second-order valence-electron chi connectivity index (χ2n) is 5.31. The molecule has 0 fully saturated rings. The molecule has 2 rings (SSSR count). The van der Waals surface area contributed by atoms with Crippen LogP contribution >= 0.6 is 0 Å². The molecule has 0 aliphatic carbocycles. The highest BCUT2D eigenvalue weighted by molar-refractivity contribution is 6.03. The van der Waals surface area contributed by atoms with Gasteiger partial charge in [0.25, 0.3) is 0 Å². The van der Waals surface area contributed by atoms with Crippen molar-refractivity contribution in [3.63, 3.8) is 0 Å². The van der Waals surface area contributed by atoms with Gasteiger partial charge in [0.15, 0.2) is 0 Å². The standard InChI is InChI=1S/C17H18F3N3/c1-11-8-9-15(21)13(10-11)12(2)22-23(3)16-7-5-4-6-14(16)17(18,19)20/h4-10H,21H2,1-3H3/b22-12+. The van der Waals surface area contributed by atoms with Crippen LogP contribution in [0.25, 0.3) is 0 Å². The summed E-state index contributed by atoms with van der Waals surface area (Å²) in [5.74, 6) is 0. The molecule has 0 atom stereocenters. The van der Waals surface area contributed by atoms with E-state index in [1.807, 2.05) is 19.1 Å². The number of hydrogen-bond acceptors (Lipinski definition) is 3. The minimum absolute atomic E-state index is 0.00873. The molecule has 0 aliphatic rings.